The fraction of sp³-hybridized carbons (Fsp3) is 0.571. The molecule has 2 aliphatic rings. The minimum Gasteiger partial charge on any atom is -0.333 e. The minimum absolute atomic E-state index is 0.00419. The molecular weight excluding hydrogens is 212 g/mol. The molecule has 90 valence electrons. The average molecular weight is 230 g/mol. The Balaban J connectivity index is 1.75. The maximum absolute atomic E-state index is 12.5. The van der Waals surface area contributed by atoms with Gasteiger partial charge in [0.25, 0.3) is 0 Å². The van der Waals surface area contributed by atoms with Crippen molar-refractivity contribution in [1.29, 1.82) is 0 Å². The van der Waals surface area contributed by atoms with E-state index < -0.39 is 0 Å². The molecular formula is C14H18N2O. The molecule has 1 aliphatic heterocycles. The van der Waals surface area contributed by atoms with Crippen LogP contribution in [-0.4, -0.2) is 15.8 Å². The van der Waals surface area contributed by atoms with Crippen LogP contribution in [0.5, 0.6) is 0 Å². The van der Waals surface area contributed by atoms with E-state index in [4.69, 9.17) is 0 Å². The molecule has 3 rings (SSSR count). The Hall–Kier alpha value is -1.38. The third-order valence-electron chi connectivity index (χ3n) is 4.05. The Labute approximate surface area is 102 Å². The summed E-state index contributed by atoms with van der Waals surface area (Å²) in [4.78, 5) is 18.6. The number of hydrogen-bond acceptors (Lipinski definition) is 2. The summed E-state index contributed by atoms with van der Waals surface area (Å²) < 4.78 is 0. The van der Waals surface area contributed by atoms with E-state index in [2.05, 4.69) is 11.9 Å². The van der Waals surface area contributed by atoms with Crippen LogP contribution in [0.4, 0.5) is 0 Å². The fourth-order valence-corrected chi connectivity index (χ4v) is 2.90. The molecule has 0 spiro atoms. The summed E-state index contributed by atoms with van der Waals surface area (Å²) in [5.74, 6) is 0.371. The van der Waals surface area contributed by atoms with Crippen LogP contribution in [0.1, 0.15) is 43.7 Å². The van der Waals surface area contributed by atoms with Crippen molar-refractivity contribution in [1.82, 2.24) is 9.88 Å². The molecule has 1 aliphatic carbocycles. The third-order valence-corrected chi connectivity index (χ3v) is 4.05. The summed E-state index contributed by atoms with van der Waals surface area (Å²) in [7, 11) is 0. The van der Waals surface area contributed by atoms with Gasteiger partial charge >= 0.3 is 0 Å². The smallest absolute Gasteiger partial charge is 0.229 e. The molecule has 3 nitrogen and oxygen atoms in total. The number of nitrogens with zero attached hydrogens (tertiary/aromatic N) is 2. The van der Waals surface area contributed by atoms with E-state index in [1.165, 1.54) is 11.1 Å². The maximum atomic E-state index is 12.5. The standard InChI is InChI=1S/C14H18N2O/c1-2-4-14(5-6-14)13(17)16-9-11-3-7-15-8-12(11)10-16/h3,7-8H,2,4-6,9-10H2,1H3. The normalized spacial score (nSPS) is 20.2. The molecule has 0 aromatic carbocycles. The van der Waals surface area contributed by atoms with Crippen LogP contribution in [0.3, 0.4) is 0 Å². The highest BCUT2D eigenvalue weighted by molar-refractivity contribution is 5.85. The first kappa shape index (κ1) is 10.8. The number of pyridine rings is 1. The summed E-state index contributed by atoms with van der Waals surface area (Å²) in [6.45, 7) is 3.70. The van der Waals surface area contributed by atoms with Gasteiger partial charge in [0.05, 0.1) is 0 Å². The average Bonchev–Trinajstić information content (AvgIpc) is 2.99. The monoisotopic (exact) mass is 230 g/mol. The lowest BCUT2D eigenvalue weighted by Crippen LogP contribution is -2.33. The van der Waals surface area contributed by atoms with Crippen molar-refractivity contribution in [3.63, 3.8) is 0 Å². The Kier molecular flexibility index (Phi) is 2.42. The van der Waals surface area contributed by atoms with Gasteiger partial charge in [0, 0.05) is 30.9 Å². The SMILES string of the molecule is CCCC1(C(=O)N2Cc3ccncc3C2)CC1. The molecule has 17 heavy (non-hydrogen) atoms. The van der Waals surface area contributed by atoms with Crippen molar-refractivity contribution in [2.75, 3.05) is 0 Å². The van der Waals surface area contributed by atoms with Gasteiger partial charge < -0.3 is 4.90 Å². The predicted molar refractivity (Wildman–Crippen MR) is 65.1 cm³/mol. The van der Waals surface area contributed by atoms with Crippen LogP contribution in [0.2, 0.25) is 0 Å². The fourth-order valence-electron chi connectivity index (χ4n) is 2.90. The van der Waals surface area contributed by atoms with Gasteiger partial charge in [-0.3, -0.25) is 9.78 Å². The van der Waals surface area contributed by atoms with E-state index in [0.29, 0.717) is 5.91 Å². The molecule has 1 aromatic rings. The van der Waals surface area contributed by atoms with Crippen LogP contribution in [0, 0.1) is 5.41 Å². The van der Waals surface area contributed by atoms with Crippen molar-refractivity contribution in [2.45, 2.75) is 45.7 Å². The molecule has 0 saturated heterocycles. The summed E-state index contributed by atoms with van der Waals surface area (Å²) in [5, 5.41) is 0. The highest BCUT2D eigenvalue weighted by Crippen LogP contribution is 2.51. The van der Waals surface area contributed by atoms with Gasteiger partial charge in [-0.05, 0) is 36.5 Å². The van der Waals surface area contributed by atoms with E-state index in [-0.39, 0.29) is 5.41 Å². The highest BCUT2D eigenvalue weighted by Gasteiger charge is 2.51. The van der Waals surface area contributed by atoms with Crippen LogP contribution in [0.25, 0.3) is 0 Å². The van der Waals surface area contributed by atoms with Crippen LogP contribution in [0.15, 0.2) is 18.5 Å². The van der Waals surface area contributed by atoms with Crippen LogP contribution < -0.4 is 0 Å². The van der Waals surface area contributed by atoms with E-state index in [9.17, 15) is 4.79 Å². The largest absolute Gasteiger partial charge is 0.333 e. The molecule has 0 atom stereocenters. The lowest BCUT2D eigenvalue weighted by atomic mass is 9.99. The highest BCUT2D eigenvalue weighted by atomic mass is 16.2. The summed E-state index contributed by atoms with van der Waals surface area (Å²) in [6.07, 6.45) is 8.04. The number of rotatable bonds is 3. The van der Waals surface area contributed by atoms with E-state index in [1.807, 2.05) is 23.4 Å². The third kappa shape index (κ3) is 1.74. The molecule has 0 N–H and O–H groups in total. The second-order valence-corrected chi connectivity index (χ2v) is 5.34. The Morgan fingerprint density at radius 3 is 2.82 bits per heavy atom. The van der Waals surface area contributed by atoms with Crippen molar-refractivity contribution >= 4 is 5.91 Å². The summed E-state index contributed by atoms with van der Waals surface area (Å²) >= 11 is 0. The van der Waals surface area contributed by atoms with Crippen molar-refractivity contribution in [2.24, 2.45) is 5.41 Å². The minimum atomic E-state index is 0.00419. The zero-order valence-electron chi connectivity index (χ0n) is 10.3. The van der Waals surface area contributed by atoms with Crippen LogP contribution in [-0.2, 0) is 17.9 Å². The van der Waals surface area contributed by atoms with E-state index >= 15 is 0 Å². The topological polar surface area (TPSA) is 33.2 Å². The molecule has 0 bridgehead atoms. The Morgan fingerprint density at radius 2 is 2.18 bits per heavy atom. The zero-order chi connectivity index (χ0) is 11.9. The molecule has 1 fully saturated rings. The molecule has 0 unspecified atom stereocenters. The molecule has 2 heterocycles. The van der Waals surface area contributed by atoms with Gasteiger partial charge in [0.15, 0.2) is 0 Å². The molecule has 1 aromatic heterocycles. The van der Waals surface area contributed by atoms with Gasteiger partial charge in [0.1, 0.15) is 0 Å². The zero-order valence-corrected chi connectivity index (χ0v) is 10.3. The summed E-state index contributed by atoms with van der Waals surface area (Å²) in [6, 6.07) is 2.03. The van der Waals surface area contributed by atoms with Gasteiger partial charge in [-0.1, -0.05) is 13.3 Å². The van der Waals surface area contributed by atoms with Gasteiger partial charge in [-0.2, -0.15) is 0 Å². The number of carbonyl (C=O) groups excluding carboxylic acids is 1. The lowest BCUT2D eigenvalue weighted by molar-refractivity contribution is -0.138. The first-order valence-electron chi connectivity index (χ1n) is 6.46. The molecule has 3 heteroatoms. The molecule has 1 saturated carbocycles. The Morgan fingerprint density at radius 1 is 1.41 bits per heavy atom. The number of aromatic nitrogens is 1. The van der Waals surface area contributed by atoms with Gasteiger partial charge in [-0.25, -0.2) is 0 Å². The first-order valence-corrected chi connectivity index (χ1v) is 6.46. The number of amides is 1. The Bertz CT molecular complexity index is 426. The first-order chi connectivity index (χ1) is 8.25. The van der Waals surface area contributed by atoms with E-state index in [0.717, 1.165) is 38.8 Å². The van der Waals surface area contributed by atoms with Crippen molar-refractivity contribution < 1.29 is 4.79 Å². The maximum Gasteiger partial charge on any atom is 0.229 e. The second-order valence-electron chi connectivity index (χ2n) is 5.34. The lowest BCUT2D eigenvalue weighted by Gasteiger charge is -2.22. The van der Waals surface area contributed by atoms with Crippen LogP contribution >= 0.6 is 0 Å². The van der Waals surface area contributed by atoms with Crippen molar-refractivity contribution in [3.8, 4) is 0 Å². The quantitative estimate of drug-likeness (QED) is 0.799. The molecule has 1 amide bonds. The second kappa shape index (κ2) is 3.83. The van der Waals surface area contributed by atoms with Crippen molar-refractivity contribution in [3.05, 3.63) is 29.6 Å². The van der Waals surface area contributed by atoms with Gasteiger partial charge in [0.2, 0.25) is 5.91 Å². The van der Waals surface area contributed by atoms with Gasteiger partial charge in [-0.15, -0.1) is 0 Å². The number of fused-ring (bicyclic) bond motifs is 1. The summed E-state index contributed by atoms with van der Waals surface area (Å²) in [5.41, 5.74) is 2.48. The number of hydrogen-bond donors (Lipinski definition) is 0. The predicted octanol–water partition coefficient (Wildman–Crippen LogP) is 2.50. The molecule has 0 radical (unpaired) electrons. The van der Waals surface area contributed by atoms with E-state index in [1.54, 1.807) is 0 Å². The number of carbonyl (C=O) groups is 1.